The number of rotatable bonds is 5. The zero-order chi connectivity index (χ0) is 47.0. The summed E-state index contributed by atoms with van der Waals surface area (Å²) in [4.78, 5) is 2.58. The van der Waals surface area contributed by atoms with Gasteiger partial charge >= 0.3 is 0 Å². The third-order valence-corrected chi connectivity index (χ3v) is 16.9. The molecule has 0 unspecified atom stereocenters. The number of anilines is 5. The van der Waals surface area contributed by atoms with Crippen LogP contribution in [-0.2, 0) is 10.8 Å². The lowest BCUT2D eigenvalue weighted by Crippen LogP contribution is -2.41. The zero-order valence-corrected chi connectivity index (χ0v) is 40.9. The van der Waals surface area contributed by atoms with Crippen molar-refractivity contribution < 1.29 is 4.42 Å². The van der Waals surface area contributed by atoms with Crippen LogP contribution in [0.5, 0.6) is 0 Å². The number of fused-ring (bicyclic) bond motifs is 12. The van der Waals surface area contributed by atoms with Crippen molar-refractivity contribution in [2.75, 3.05) is 10.2 Å². The molecule has 1 radical (unpaired) electrons. The summed E-state index contributed by atoms with van der Waals surface area (Å²) in [7, 11) is 2.46. The van der Waals surface area contributed by atoms with Gasteiger partial charge in [0.1, 0.15) is 5.58 Å². The van der Waals surface area contributed by atoms with E-state index in [1.54, 1.807) is 0 Å². The Morgan fingerprint density at radius 3 is 1.96 bits per heavy atom. The third-order valence-electron chi connectivity index (χ3n) is 15.8. The molecule has 5 heteroatoms. The van der Waals surface area contributed by atoms with Gasteiger partial charge in [0.25, 0.3) is 0 Å². The number of benzene rings is 10. The highest BCUT2D eigenvalue weighted by Gasteiger charge is 2.40. The van der Waals surface area contributed by atoms with E-state index in [2.05, 4.69) is 234 Å². The van der Waals surface area contributed by atoms with Gasteiger partial charge in [-0.1, -0.05) is 154 Å². The van der Waals surface area contributed by atoms with Gasteiger partial charge in [0.05, 0.1) is 5.69 Å². The van der Waals surface area contributed by atoms with Gasteiger partial charge in [-0.25, -0.2) is 0 Å². The molecule has 14 rings (SSSR count). The second-order valence-electron chi connectivity index (χ2n) is 21.1. The highest BCUT2D eigenvalue weighted by molar-refractivity contribution is 7.26. The van der Waals surface area contributed by atoms with Crippen molar-refractivity contribution >= 4 is 122 Å². The van der Waals surface area contributed by atoms with E-state index in [0.29, 0.717) is 0 Å². The van der Waals surface area contributed by atoms with Crippen LogP contribution >= 0.6 is 11.3 Å². The van der Waals surface area contributed by atoms with Gasteiger partial charge in [-0.3, -0.25) is 0 Å². The minimum Gasteiger partial charge on any atom is -0.454 e. The van der Waals surface area contributed by atoms with Crippen LogP contribution in [0.4, 0.5) is 28.4 Å². The van der Waals surface area contributed by atoms with Crippen molar-refractivity contribution in [3.8, 4) is 22.3 Å². The van der Waals surface area contributed by atoms with Crippen LogP contribution in [0.2, 0.25) is 0 Å². The fourth-order valence-corrected chi connectivity index (χ4v) is 13.1. The number of nitrogens with zero attached hydrogens (tertiary/aromatic N) is 1. The topological polar surface area (TPSA) is 28.4 Å². The molecule has 3 nitrogen and oxygen atoms in total. The fraction of sp³-hybridized carbons (Fsp3) is 0.138. The number of hydrogen-bond donors (Lipinski definition) is 1. The highest BCUT2D eigenvalue weighted by atomic mass is 32.1. The number of aryl methyl sites for hydroxylation is 1. The average Bonchev–Trinajstić information content (AvgIpc) is 3.94. The van der Waals surface area contributed by atoms with Gasteiger partial charge in [0.15, 0.2) is 12.9 Å². The minimum atomic E-state index is 0.0144. The summed E-state index contributed by atoms with van der Waals surface area (Å²) in [6.45, 7) is 12.1. The van der Waals surface area contributed by atoms with Gasteiger partial charge in [-0.2, -0.15) is 0 Å². The molecular formula is C65H50BN2OS. The summed E-state index contributed by atoms with van der Waals surface area (Å²) in [6.07, 6.45) is 2.30. The Morgan fingerprint density at radius 1 is 0.557 bits per heavy atom. The molecule has 2 aromatic heterocycles. The predicted octanol–water partition coefficient (Wildman–Crippen LogP) is 17.4. The number of furan rings is 1. The van der Waals surface area contributed by atoms with Crippen molar-refractivity contribution in [3.05, 3.63) is 199 Å². The van der Waals surface area contributed by atoms with Crippen LogP contribution < -0.4 is 21.1 Å². The first-order valence-electron chi connectivity index (χ1n) is 24.7. The summed E-state index contributed by atoms with van der Waals surface area (Å²) < 4.78 is 9.75. The van der Waals surface area contributed by atoms with E-state index in [1.165, 1.54) is 86.2 Å². The molecule has 70 heavy (non-hydrogen) atoms. The van der Waals surface area contributed by atoms with Crippen LogP contribution in [0.3, 0.4) is 0 Å². The number of nitrogens with one attached hydrogen (secondary N) is 1. The van der Waals surface area contributed by atoms with E-state index < -0.39 is 0 Å². The second-order valence-corrected chi connectivity index (χ2v) is 22.2. The standard InChI is InChI=1S/C65H50BN2OS/c1-38-31-50-51(65(4,5)30-29-64(50,2)3)37-54(38)68-55-34-43-19-11-10-18-42(43)33-52(55)66-61-49(36-47-46-21-13-14-22-56(46)69-63(47)62(61)68)59-53(67-45-25-23-40(24-26-45)39-15-7-6-8-16-39)27-28-57-60(59)48-32-41-17-9-12-20-44(41)35-58(48)70-57/h6-28,31-37,67H,29-30H2,1-5H3. The molecule has 0 saturated heterocycles. The first-order valence-corrected chi connectivity index (χ1v) is 25.5. The maximum atomic E-state index is 7.21. The summed E-state index contributed by atoms with van der Waals surface area (Å²) >= 11 is 1.88. The molecule has 3 heterocycles. The van der Waals surface area contributed by atoms with Gasteiger partial charge < -0.3 is 14.6 Å². The minimum absolute atomic E-state index is 0.0144. The van der Waals surface area contributed by atoms with E-state index in [9.17, 15) is 0 Å². The fourth-order valence-electron chi connectivity index (χ4n) is 11.9. The molecule has 0 bridgehead atoms. The summed E-state index contributed by atoms with van der Waals surface area (Å²) in [5.41, 5.74) is 18.6. The number of hydrogen-bond acceptors (Lipinski definition) is 4. The zero-order valence-electron chi connectivity index (χ0n) is 40.1. The van der Waals surface area contributed by atoms with Gasteiger partial charge in [0, 0.05) is 59.3 Å². The molecular weight excluding hydrogens is 868 g/mol. The van der Waals surface area contributed by atoms with Crippen molar-refractivity contribution in [2.24, 2.45) is 0 Å². The van der Waals surface area contributed by atoms with Crippen LogP contribution in [0.1, 0.15) is 57.2 Å². The van der Waals surface area contributed by atoms with Crippen LogP contribution in [0.15, 0.2) is 186 Å². The van der Waals surface area contributed by atoms with E-state index in [0.717, 1.165) is 68.6 Å². The first kappa shape index (κ1) is 41.4. The molecule has 0 saturated carbocycles. The van der Waals surface area contributed by atoms with Gasteiger partial charge in [-0.05, 0) is 152 Å². The maximum Gasteiger partial charge on any atom is 0.198 e. The Hall–Kier alpha value is -7.60. The summed E-state index contributed by atoms with van der Waals surface area (Å²) in [5.74, 6) is 0. The average molecular weight is 918 g/mol. The molecule has 2 aliphatic rings. The summed E-state index contributed by atoms with van der Waals surface area (Å²) in [6, 6.07) is 67.4. The SMILES string of the molecule is Cc1cc2c(cc1N1c3cc4ccccc4cc3[B]c3c(-c4c(Nc5ccc(-c6ccccc6)cc5)ccc5sc6cc7ccccc7cc6c45)cc4c(oc5ccccc54)c31)C(C)(C)CCC2(C)C. The van der Waals surface area contributed by atoms with Crippen LogP contribution in [0.25, 0.3) is 85.9 Å². The lowest BCUT2D eigenvalue weighted by Gasteiger charge is -2.43. The summed E-state index contributed by atoms with van der Waals surface area (Å²) in [5, 5.41) is 13.7. The van der Waals surface area contributed by atoms with Gasteiger partial charge in [-0.15, -0.1) is 11.3 Å². The Bertz CT molecular complexity index is 4140. The molecule has 10 aromatic carbocycles. The van der Waals surface area contributed by atoms with E-state index in [1.807, 2.05) is 11.3 Å². The molecule has 1 aliphatic heterocycles. The third kappa shape index (κ3) is 6.34. The molecule has 335 valence electrons. The molecule has 0 spiro atoms. The Morgan fingerprint density at radius 2 is 1.20 bits per heavy atom. The number of para-hydroxylation sites is 1. The molecule has 0 atom stereocenters. The van der Waals surface area contributed by atoms with Crippen molar-refractivity contribution in [2.45, 2.75) is 58.3 Å². The lowest BCUT2D eigenvalue weighted by molar-refractivity contribution is 0.332. The molecule has 1 aliphatic carbocycles. The van der Waals surface area contributed by atoms with Crippen LogP contribution in [0, 0.1) is 6.92 Å². The Kier molecular flexibility index (Phi) is 8.99. The number of thiophene rings is 1. The maximum absolute atomic E-state index is 7.21. The second kappa shape index (κ2) is 15.2. The van der Waals surface area contributed by atoms with Crippen LogP contribution in [-0.4, -0.2) is 7.28 Å². The van der Waals surface area contributed by atoms with Crippen molar-refractivity contribution in [3.63, 3.8) is 0 Å². The monoisotopic (exact) mass is 917 g/mol. The Balaban J connectivity index is 1.11. The van der Waals surface area contributed by atoms with Crippen molar-refractivity contribution in [1.29, 1.82) is 0 Å². The van der Waals surface area contributed by atoms with E-state index in [4.69, 9.17) is 4.42 Å². The van der Waals surface area contributed by atoms with E-state index >= 15 is 0 Å². The van der Waals surface area contributed by atoms with Crippen molar-refractivity contribution in [1.82, 2.24) is 0 Å². The largest absolute Gasteiger partial charge is 0.454 e. The molecule has 0 amide bonds. The quantitative estimate of drug-likeness (QED) is 0.174. The molecule has 12 aromatic rings. The predicted molar refractivity (Wildman–Crippen MR) is 302 cm³/mol. The molecule has 1 N–H and O–H groups in total. The lowest BCUT2D eigenvalue weighted by atomic mass is 9.57. The first-order chi connectivity index (χ1) is 34.1. The molecule has 0 fully saturated rings. The van der Waals surface area contributed by atoms with Gasteiger partial charge in [0.2, 0.25) is 0 Å². The smallest absolute Gasteiger partial charge is 0.198 e. The highest BCUT2D eigenvalue weighted by Crippen LogP contribution is 2.53. The Labute approximate surface area is 413 Å². The normalized spacial score (nSPS) is 14.8. The van der Waals surface area contributed by atoms with E-state index in [-0.39, 0.29) is 10.8 Å².